The maximum Gasteiger partial charge on any atom is 0.360 e. The molecule has 9 heavy (non-hydrogen) atoms. The fraction of sp³-hybridized carbons (Fsp3) is 0.750. The van der Waals surface area contributed by atoms with Crippen molar-refractivity contribution in [1.82, 2.24) is 0 Å². The molecule has 0 aromatic carbocycles. The maximum absolute atomic E-state index is 9.75. The molecule has 0 aromatic heterocycles. The lowest BCUT2D eigenvalue weighted by atomic mass is 10.6. The highest BCUT2D eigenvalue weighted by atomic mass is 16.6. The Morgan fingerprint density at radius 1 is 1.67 bits per heavy atom. The van der Waals surface area contributed by atoms with Gasteiger partial charge in [0.05, 0.1) is 13.2 Å². The summed E-state index contributed by atoms with van der Waals surface area (Å²) in [6.45, 7) is -0.474. The minimum absolute atomic E-state index is 0.173. The SMILES string of the molecule is O=C(O)C(O)OCCO. The van der Waals surface area contributed by atoms with Crippen LogP contribution >= 0.6 is 0 Å². The van der Waals surface area contributed by atoms with E-state index in [-0.39, 0.29) is 13.2 Å². The van der Waals surface area contributed by atoms with Crippen LogP contribution in [0.5, 0.6) is 0 Å². The lowest BCUT2D eigenvalue weighted by Gasteiger charge is -2.03. The molecule has 1 atom stereocenters. The normalized spacial score (nSPS) is 13.1. The van der Waals surface area contributed by atoms with Crippen LogP contribution in [-0.2, 0) is 9.53 Å². The molecular formula is C4H8O5. The summed E-state index contributed by atoms with van der Waals surface area (Å²) in [6.07, 6.45) is -1.82. The minimum Gasteiger partial charge on any atom is -0.477 e. The molecule has 0 heterocycles. The van der Waals surface area contributed by atoms with Crippen LogP contribution < -0.4 is 0 Å². The van der Waals surface area contributed by atoms with Gasteiger partial charge in [-0.25, -0.2) is 4.79 Å². The first-order valence-corrected chi connectivity index (χ1v) is 2.32. The van der Waals surface area contributed by atoms with Gasteiger partial charge in [-0.1, -0.05) is 0 Å². The molecule has 0 saturated heterocycles. The number of aliphatic hydroxyl groups is 2. The molecule has 0 fully saturated rings. The van der Waals surface area contributed by atoms with Crippen LogP contribution in [0.4, 0.5) is 0 Å². The van der Waals surface area contributed by atoms with E-state index in [0.717, 1.165) is 0 Å². The monoisotopic (exact) mass is 136 g/mol. The van der Waals surface area contributed by atoms with E-state index in [1.165, 1.54) is 0 Å². The standard InChI is InChI=1S/C4H8O5/c5-1-2-9-4(8)3(6)7/h4-5,8H,1-2H2,(H,6,7). The smallest absolute Gasteiger partial charge is 0.360 e. The topological polar surface area (TPSA) is 87.0 Å². The van der Waals surface area contributed by atoms with Gasteiger partial charge in [-0.15, -0.1) is 0 Å². The molecule has 0 rings (SSSR count). The molecule has 1 unspecified atom stereocenters. The highest BCUT2D eigenvalue weighted by Crippen LogP contribution is 1.84. The summed E-state index contributed by atoms with van der Waals surface area (Å²) in [6, 6.07) is 0. The molecule has 3 N–H and O–H groups in total. The predicted octanol–water partition coefficient (Wildman–Crippen LogP) is -1.60. The third-order valence-electron chi connectivity index (χ3n) is 0.578. The predicted molar refractivity (Wildman–Crippen MR) is 26.7 cm³/mol. The van der Waals surface area contributed by atoms with Crippen LogP contribution in [0.3, 0.4) is 0 Å². The Hall–Kier alpha value is -0.650. The molecule has 0 radical (unpaired) electrons. The molecule has 5 heteroatoms. The first kappa shape index (κ1) is 8.35. The maximum atomic E-state index is 9.75. The van der Waals surface area contributed by atoms with Gasteiger partial charge in [-0.2, -0.15) is 0 Å². The van der Waals surface area contributed by atoms with Crippen molar-refractivity contribution in [2.24, 2.45) is 0 Å². The first-order chi connectivity index (χ1) is 4.18. The molecule has 0 amide bonds. The third kappa shape index (κ3) is 3.89. The van der Waals surface area contributed by atoms with Crippen molar-refractivity contribution < 1.29 is 24.9 Å². The number of carboxylic acids is 1. The Morgan fingerprint density at radius 3 is 2.56 bits per heavy atom. The summed E-state index contributed by atoms with van der Waals surface area (Å²) < 4.78 is 4.16. The first-order valence-electron chi connectivity index (χ1n) is 2.32. The number of aliphatic carboxylic acids is 1. The van der Waals surface area contributed by atoms with E-state index in [9.17, 15) is 4.79 Å². The highest BCUT2D eigenvalue weighted by Gasteiger charge is 2.11. The van der Waals surface area contributed by atoms with E-state index in [0.29, 0.717) is 0 Å². The second-order valence-corrected chi connectivity index (χ2v) is 1.28. The zero-order valence-corrected chi connectivity index (χ0v) is 4.65. The van der Waals surface area contributed by atoms with Crippen LogP contribution in [0.2, 0.25) is 0 Å². The van der Waals surface area contributed by atoms with Crippen LogP contribution in [0.15, 0.2) is 0 Å². The number of rotatable bonds is 4. The quantitative estimate of drug-likeness (QED) is 0.405. The Kier molecular flexibility index (Phi) is 3.94. The van der Waals surface area contributed by atoms with E-state index in [4.69, 9.17) is 15.3 Å². The summed E-state index contributed by atoms with van der Waals surface area (Å²) in [5, 5.41) is 24.3. The summed E-state index contributed by atoms with van der Waals surface area (Å²) in [7, 11) is 0. The van der Waals surface area contributed by atoms with Crippen LogP contribution in [-0.4, -0.2) is 40.8 Å². The molecular weight excluding hydrogens is 128 g/mol. The van der Waals surface area contributed by atoms with Crippen molar-refractivity contribution in [1.29, 1.82) is 0 Å². The zero-order chi connectivity index (χ0) is 7.28. The summed E-state index contributed by atoms with van der Waals surface area (Å²) in [4.78, 5) is 9.75. The molecule has 5 nitrogen and oxygen atoms in total. The van der Waals surface area contributed by atoms with Crippen LogP contribution in [0.1, 0.15) is 0 Å². The number of ether oxygens (including phenoxy) is 1. The van der Waals surface area contributed by atoms with E-state index in [2.05, 4.69) is 4.74 Å². The van der Waals surface area contributed by atoms with E-state index < -0.39 is 12.3 Å². The van der Waals surface area contributed by atoms with Crippen molar-refractivity contribution in [2.45, 2.75) is 6.29 Å². The molecule has 54 valence electrons. The number of carboxylic acid groups (broad SMARTS) is 1. The molecule has 0 aromatic rings. The third-order valence-corrected chi connectivity index (χ3v) is 0.578. The zero-order valence-electron chi connectivity index (χ0n) is 4.65. The lowest BCUT2D eigenvalue weighted by molar-refractivity contribution is -0.177. The van der Waals surface area contributed by atoms with Crippen molar-refractivity contribution in [3.05, 3.63) is 0 Å². The van der Waals surface area contributed by atoms with Crippen molar-refractivity contribution in [2.75, 3.05) is 13.2 Å². The summed E-state index contributed by atoms with van der Waals surface area (Å²) >= 11 is 0. The van der Waals surface area contributed by atoms with Gasteiger partial charge in [0.25, 0.3) is 6.29 Å². The van der Waals surface area contributed by atoms with Gasteiger partial charge in [0.2, 0.25) is 0 Å². The van der Waals surface area contributed by atoms with Gasteiger partial charge < -0.3 is 20.1 Å². The summed E-state index contributed by atoms with van der Waals surface area (Å²) in [5.74, 6) is -1.46. The van der Waals surface area contributed by atoms with Crippen molar-refractivity contribution in [3.63, 3.8) is 0 Å². The van der Waals surface area contributed by atoms with Crippen molar-refractivity contribution in [3.8, 4) is 0 Å². The number of carbonyl (C=O) groups is 1. The van der Waals surface area contributed by atoms with Crippen LogP contribution in [0.25, 0.3) is 0 Å². The van der Waals surface area contributed by atoms with E-state index in [1.807, 2.05) is 0 Å². The average Bonchev–Trinajstić information content (AvgIpc) is 1.82. The molecule has 0 aliphatic rings. The van der Waals surface area contributed by atoms with Gasteiger partial charge in [-0.3, -0.25) is 0 Å². The molecule has 0 saturated carbocycles. The van der Waals surface area contributed by atoms with E-state index >= 15 is 0 Å². The molecule has 0 spiro atoms. The molecule has 0 aliphatic carbocycles. The second-order valence-electron chi connectivity index (χ2n) is 1.28. The van der Waals surface area contributed by atoms with Crippen molar-refractivity contribution >= 4 is 5.97 Å². The molecule has 0 aliphatic heterocycles. The number of aliphatic hydroxyl groups excluding tert-OH is 2. The van der Waals surface area contributed by atoms with E-state index in [1.54, 1.807) is 0 Å². The Bertz CT molecular complexity index is 91.0. The Balaban J connectivity index is 3.27. The van der Waals surface area contributed by atoms with Gasteiger partial charge >= 0.3 is 5.97 Å². The summed E-state index contributed by atoms with van der Waals surface area (Å²) in [5.41, 5.74) is 0. The van der Waals surface area contributed by atoms with Crippen LogP contribution in [0, 0.1) is 0 Å². The number of hydrogen-bond donors (Lipinski definition) is 3. The average molecular weight is 136 g/mol. The van der Waals surface area contributed by atoms with Gasteiger partial charge in [0.15, 0.2) is 0 Å². The lowest BCUT2D eigenvalue weighted by Crippen LogP contribution is -2.24. The minimum atomic E-state index is -1.82. The van der Waals surface area contributed by atoms with Gasteiger partial charge in [-0.05, 0) is 0 Å². The Morgan fingerprint density at radius 2 is 2.22 bits per heavy atom. The molecule has 0 bridgehead atoms. The fourth-order valence-corrected chi connectivity index (χ4v) is 0.236. The second kappa shape index (κ2) is 4.25. The highest BCUT2D eigenvalue weighted by molar-refractivity contribution is 5.70. The Labute approximate surface area is 51.5 Å². The van der Waals surface area contributed by atoms with Gasteiger partial charge in [0.1, 0.15) is 0 Å². The van der Waals surface area contributed by atoms with Gasteiger partial charge in [0, 0.05) is 0 Å². The fourth-order valence-electron chi connectivity index (χ4n) is 0.236. The number of hydrogen-bond acceptors (Lipinski definition) is 4. The largest absolute Gasteiger partial charge is 0.477 e.